The van der Waals surface area contributed by atoms with E-state index in [1.165, 1.54) is 13.0 Å². The summed E-state index contributed by atoms with van der Waals surface area (Å²) in [5.74, 6) is -10.4. The van der Waals surface area contributed by atoms with E-state index >= 15 is 0 Å². The number of β-amino-alcohol motifs (C(OH)–C–C–N with tert-alkyl or cyclic N) is 1. The number of nitrogens with two attached hydrogens (primary N) is 1. The number of aliphatic hydroxyl groups is 3. The van der Waals surface area contributed by atoms with Gasteiger partial charge in [0.1, 0.15) is 60.6 Å². The number of carbonyl (C=O) groups excluding carboxylic acids is 10. The number of carboxylic acids is 1. The SMILES string of the molecule is C/C=C(/NC(=O)[C@H](CCO)NC(=O)C[C@H](N)CCCCC)C(=O)N1C[C@H](O)C[C@H]1C(=O)N[C@@H](CCO)C(=O)N[C@H](Cc1ccccc1)C(=O)N[C@H](CC(C)C)C(=O)N[C@H](C(=O)N[C@@H](C(=O)N[C@@H](CC(C)C)C(=O)NCC(=O)O)[C@@H](C)CC)[C@@H](C)CC. The minimum atomic E-state index is -1.53. The minimum absolute atomic E-state index is 0.0516. The highest BCUT2D eigenvalue weighted by atomic mass is 16.4. The van der Waals surface area contributed by atoms with Gasteiger partial charge in [-0.15, -0.1) is 0 Å². The maximum Gasteiger partial charge on any atom is 0.322 e. The van der Waals surface area contributed by atoms with Gasteiger partial charge in [-0.25, -0.2) is 0 Å². The Labute approximate surface area is 505 Å². The van der Waals surface area contributed by atoms with E-state index in [9.17, 15) is 68.1 Å². The van der Waals surface area contributed by atoms with Crippen LogP contribution in [0.5, 0.6) is 0 Å². The standard InChI is InChI=1S/C60H99N11O15/c1-11-15-17-22-39(61)30-48(75)63-42(23-25-72)53(79)64-41(14-4)60(86)71-33-40(74)31-47(71)57(83)65-43(24-26-73)54(80)67-46(29-38-20-18-16-19-21-38)55(81)66-45(28-35(7)8)56(82)69-51(37(10)13-3)59(85)70-50(36(9)12-2)58(84)68-44(27-34(5)6)52(78)62-32-49(76)77/h14,16,18-21,34-37,39-40,42-47,50-51,72-74H,11-13,15,17,22-33,61H2,1-10H3,(H,62,78)(H,63,75)(H,64,79)(H,65,83)(H,66,81)(H,67,80)(H,68,84)(H,69,82)(H,70,85)(H,76,77)/b41-14+/t36-,37-,39+,40+,42-,43-,44-,45+,46+,47-,50+,51-/m0/s1. The average Bonchev–Trinajstić information content (AvgIpc) is 3.02. The normalized spacial score (nSPS) is 17.7. The van der Waals surface area contributed by atoms with Gasteiger partial charge in [-0.3, -0.25) is 52.7 Å². The van der Waals surface area contributed by atoms with Crippen LogP contribution in [0.2, 0.25) is 0 Å². The first kappa shape index (κ1) is 75.1. The van der Waals surface area contributed by atoms with Crippen molar-refractivity contribution in [2.45, 2.75) is 213 Å². The topological polar surface area (TPSA) is 406 Å². The molecule has 2 rings (SSSR count). The molecule has 1 aliphatic rings. The second-order valence-electron chi connectivity index (χ2n) is 23.2. The number of amides is 10. The Bertz CT molecular complexity index is 2430. The molecule has 1 aromatic carbocycles. The lowest BCUT2D eigenvalue weighted by atomic mass is 9.93. The Kier molecular flexibility index (Phi) is 34.0. The molecular weight excluding hydrogens is 1110 g/mol. The fourth-order valence-corrected chi connectivity index (χ4v) is 9.68. The van der Waals surface area contributed by atoms with Crippen LogP contribution in [0.3, 0.4) is 0 Å². The molecule has 26 nitrogen and oxygen atoms in total. The fraction of sp³-hybridized carbons (Fsp3) is 0.683. The Balaban J connectivity index is 2.42. The molecule has 484 valence electrons. The summed E-state index contributed by atoms with van der Waals surface area (Å²) in [5.41, 5.74) is 6.39. The summed E-state index contributed by atoms with van der Waals surface area (Å²) in [4.78, 5) is 152. The molecule has 0 aromatic heterocycles. The molecule has 12 atom stereocenters. The predicted molar refractivity (Wildman–Crippen MR) is 320 cm³/mol. The van der Waals surface area contributed by atoms with Crippen LogP contribution in [0.1, 0.15) is 152 Å². The minimum Gasteiger partial charge on any atom is -0.480 e. The van der Waals surface area contributed by atoms with Gasteiger partial charge < -0.3 is 78.9 Å². The van der Waals surface area contributed by atoms with Gasteiger partial charge in [-0.05, 0) is 68.3 Å². The Morgan fingerprint density at radius 2 is 1.13 bits per heavy atom. The first-order chi connectivity index (χ1) is 40.6. The zero-order chi connectivity index (χ0) is 64.8. The zero-order valence-electron chi connectivity index (χ0n) is 51.9. The molecule has 0 saturated carbocycles. The second-order valence-corrected chi connectivity index (χ2v) is 23.2. The molecule has 1 heterocycles. The number of aliphatic carboxylic acids is 1. The van der Waals surface area contributed by atoms with E-state index < -0.39 is 157 Å². The lowest BCUT2D eigenvalue weighted by Crippen LogP contribution is -2.62. The number of nitrogens with one attached hydrogen (secondary N) is 9. The van der Waals surface area contributed by atoms with Crippen molar-refractivity contribution < 1.29 is 73.2 Å². The Hall–Kier alpha value is -7.03. The number of benzene rings is 1. The molecule has 26 heteroatoms. The van der Waals surface area contributed by atoms with E-state index in [1.807, 2.05) is 20.8 Å². The van der Waals surface area contributed by atoms with Crippen LogP contribution >= 0.6 is 0 Å². The third kappa shape index (κ3) is 25.9. The number of carboxylic acid groups (broad SMARTS) is 1. The quantitative estimate of drug-likeness (QED) is 0.0306. The van der Waals surface area contributed by atoms with Gasteiger partial charge in [0, 0.05) is 45.1 Å². The number of likely N-dealkylation sites (tertiary alicyclic amines) is 1. The summed E-state index contributed by atoms with van der Waals surface area (Å²) in [7, 11) is 0. The van der Waals surface area contributed by atoms with Gasteiger partial charge in [0.15, 0.2) is 0 Å². The highest BCUT2D eigenvalue weighted by Gasteiger charge is 2.42. The van der Waals surface area contributed by atoms with Gasteiger partial charge in [0.05, 0.1) is 6.10 Å². The van der Waals surface area contributed by atoms with Crippen molar-refractivity contribution in [1.82, 2.24) is 52.8 Å². The van der Waals surface area contributed by atoms with Crippen LogP contribution < -0.4 is 53.6 Å². The monoisotopic (exact) mass is 1210 g/mol. The largest absolute Gasteiger partial charge is 0.480 e. The van der Waals surface area contributed by atoms with E-state index in [1.54, 1.807) is 71.9 Å². The lowest BCUT2D eigenvalue weighted by molar-refractivity contribution is -0.139. The van der Waals surface area contributed by atoms with E-state index in [0.717, 1.165) is 24.2 Å². The molecule has 86 heavy (non-hydrogen) atoms. The number of carbonyl (C=O) groups is 11. The van der Waals surface area contributed by atoms with Gasteiger partial charge >= 0.3 is 5.97 Å². The van der Waals surface area contributed by atoms with Crippen molar-refractivity contribution in [2.75, 3.05) is 26.3 Å². The molecule has 1 aromatic rings. The van der Waals surface area contributed by atoms with E-state index in [2.05, 4.69) is 47.9 Å². The molecule has 10 amide bonds. The molecule has 1 fully saturated rings. The molecule has 0 bridgehead atoms. The predicted octanol–water partition coefficient (Wildman–Crippen LogP) is 0.0522. The number of allylic oxidation sites excluding steroid dienone is 1. The molecular formula is C60H99N11O15. The van der Waals surface area contributed by atoms with Gasteiger partial charge in [-0.1, -0.05) is 131 Å². The van der Waals surface area contributed by atoms with Gasteiger partial charge in [0.2, 0.25) is 53.2 Å². The molecule has 1 saturated heterocycles. The summed E-state index contributed by atoms with van der Waals surface area (Å²) in [5, 5.41) is 63.4. The second kappa shape index (κ2) is 38.9. The number of rotatable bonds is 39. The molecule has 0 spiro atoms. The van der Waals surface area contributed by atoms with E-state index in [0.29, 0.717) is 24.8 Å². The van der Waals surface area contributed by atoms with Crippen LogP contribution in [0.15, 0.2) is 42.1 Å². The smallest absolute Gasteiger partial charge is 0.322 e. The molecule has 15 N–H and O–H groups in total. The van der Waals surface area contributed by atoms with Crippen LogP contribution in [-0.2, 0) is 59.2 Å². The molecule has 0 aliphatic carbocycles. The van der Waals surface area contributed by atoms with Crippen molar-refractivity contribution in [3.8, 4) is 0 Å². The number of aliphatic hydroxyl groups excluding tert-OH is 3. The summed E-state index contributed by atoms with van der Waals surface area (Å²) in [6.45, 7) is 15.6. The summed E-state index contributed by atoms with van der Waals surface area (Å²) < 4.78 is 0. The van der Waals surface area contributed by atoms with Gasteiger partial charge in [-0.2, -0.15) is 0 Å². The van der Waals surface area contributed by atoms with Crippen molar-refractivity contribution >= 4 is 65.0 Å². The van der Waals surface area contributed by atoms with Gasteiger partial charge in [0.25, 0.3) is 5.91 Å². The zero-order valence-corrected chi connectivity index (χ0v) is 51.9. The van der Waals surface area contributed by atoms with Crippen molar-refractivity contribution in [3.63, 3.8) is 0 Å². The Morgan fingerprint density at radius 3 is 1.65 bits per heavy atom. The highest BCUT2D eigenvalue weighted by Crippen LogP contribution is 2.22. The first-order valence-corrected chi connectivity index (χ1v) is 30.2. The Morgan fingerprint density at radius 1 is 0.628 bits per heavy atom. The van der Waals surface area contributed by atoms with Crippen molar-refractivity contribution in [1.29, 1.82) is 0 Å². The summed E-state index contributed by atoms with van der Waals surface area (Å²) in [6.07, 6.45) is 3.28. The van der Waals surface area contributed by atoms with E-state index in [4.69, 9.17) is 10.8 Å². The molecule has 1 aliphatic heterocycles. The third-order valence-corrected chi connectivity index (χ3v) is 15.0. The van der Waals surface area contributed by atoms with Crippen molar-refractivity contribution in [3.05, 3.63) is 47.7 Å². The first-order valence-electron chi connectivity index (χ1n) is 30.2. The lowest BCUT2D eigenvalue weighted by Gasteiger charge is -2.31. The van der Waals surface area contributed by atoms with E-state index in [-0.39, 0.29) is 69.0 Å². The van der Waals surface area contributed by atoms with Crippen LogP contribution in [0.4, 0.5) is 0 Å². The third-order valence-electron chi connectivity index (χ3n) is 15.0. The number of hydrogen-bond acceptors (Lipinski definition) is 15. The summed E-state index contributed by atoms with van der Waals surface area (Å²) in [6, 6.07) is -2.40. The maximum atomic E-state index is 14.6. The number of unbranched alkanes of at least 4 members (excludes halogenated alkanes) is 2. The van der Waals surface area contributed by atoms with Crippen molar-refractivity contribution in [2.24, 2.45) is 29.4 Å². The maximum absolute atomic E-state index is 14.6. The van der Waals surface area contributed by atoms with Crippen LogP contribution in [-0.4, -0.2) is 177 Å². The molecule has 0 radical (unpaired) electrons. The average molecular weight is 1210 g/mol. The number of nitrogens with zero attached hydrogens (tertiary/aromatic N) is 1. The van der Waals surface area contributed by atoms with Crippen LogP contribution in [0.25, 0.3) is 0 Å². The fourth-order valence-electron chi connectivity index (χ4n) is 9.68. The molecule has 0 unspecified atom stereocenters. The van der Waals surface area contributed by atoms with Crippen LogP contribution in [0, 0.1) is 23.7 Å². The highest BCUT2D eigenvalue weighted by molar-refractivity contribution is 6.02. The number of hydrogen-bond donors (Lipinski definition) is 14. The summed E-state index contributed by atoms with van der Waals surface area (Å²) >= 11 is 0.